The average Bonchev–Trinajstić information content (AvgIpc) is 2.93. The molecule has 21 heavy (non-hydrogen) atoms. The second-order valence-electron chi connectivity index (χ2n) is 5.85. The van der Waals surface area contributed by atoms with E-state index in [2.05, 4.69) is 6.92 Å². The number of hydrogen-bond acceptors (Lipinski definition) is 3. The molecule has 2 unspecified atom stereocenters. The SMILES string of the molecule is CCC1CCC(CCOc2ccccc2OC)(C(=O)O)C1. The van der Waals surface area contributed by atoms with E-state index in [4.69, 9.17) is 9.47 Å². The minimum Gasteiger partial charge on any atom is -0.493 e. The number of ether oxygens (including phenoxy) is 2. The number of para-hydroxylation sites is 2. The van der Waals surface area contributed by atoms with Gasteiger partial charge in [0.1, 0.15) is 0 Å². The molecule has 0 amide bonds. The van der Waals surface area contributed by atoms with E-state index in [0.29, 0.717) is 30.4 Å². The van der Waals surface area contributed by atoms with Crippen LogP contribution in [-0.4, -0.2) is 24.8 Å². The van der Waals surface area contributed by atoms with Gasteiger partial charge in [0.2, 0.25) is 0 Å². The Morgan fingerprint density at radius 1 is 1.38 bits per heavy atom. The molecule has 2 rings (SSSR count). The van der Waals surface area contributed by atoms with Crippen LogP contribution in [0.3, 0.4) is 0 Å². The van der Waals surface area contributed by atoms with Crippen molar-refractivity contribution in [2.24, 2.45) is 11.3 Å². The van der Waals surface area contributed by atoms with Gasteiger partial charge in [-0.3, -0.25) is 4.79 Å². The van der Waals surface area contributed by atoms with Crippen LogP contribution < -0.4 is 9.47 Å². The summed E-state index contributed by atoms with van der Waals surface area (Å²) in [5.74, 6) is 1.21. The van der Waals surface area contributed by atoms with Crippen LogP contribution in [0, 0.1) is 11.3 Å². The lowest BCUT2D eigenvalue weighted by molar-refractivity contribution is -0.149. The molecule has 116 valence electrons. The second kappa shape index (κ2) is 6.83. The van der Waals surface area contributed by atoms with Crippen molar-refractivity contribution in [2.45, 2.75) is 39.0 Å². The molecule has 1 aromatic rings. The van der Waals surface area contributed by atoms with Gasteiger partial charge >= 0.3 is 5.97 Å². The van der Waals surface area contributed by atoms with E-state index in [0.717, 1.165) is 25.7 Å². The second-order valence-corrected chi connectivity index (χ2v) is 5.85. The van der Waals surface area contributed by atoms with Crippen molar-refractivity contribution in [1.29, 1.82) is 0 Å². The first-order chi connectivity index (χ1) is 10.1. The topological polar surface area (TPSA) is 55.8 Å². The summed E-state index contributed by atoms with van der Waals surface area (Å²) in [6, 6.07) is 7.45. The third kappa shape index (κ3) is 3.49. The highest BCUT2D eigenvalue weighted by Crippen LogP contribution is 2.46. The lowest BCUT2D eigenvalue weighted by Gasteiger charge is -2.24. The van der Waals surface area contributed by atoms with Crippen molar-refractivity contribution in [2.75, 3.05) is 13.7 Å². The smallest absolute Gasteiger partial charge is 0.309 e. The first-order valence-electron chi connectivity index (χ1n) is 7.60. The molecule has 0 saturated heterocycles. The van der Waals surface area contributed by atoms with E-state index in [1.165, 1.54) is 0 Å². The van der Waals surface area contributed by atoms with Gasteiger partial charge in [-0.15, -0.1) is 0 Å². The third-order valence-corrected chi connectivity index (χ3v) is 4.65. The van der Waals surface area contributed by atoms with Gasteiger partial charge in [-0.25, -0.2) is 0 Å². The van der Waals surface area contributed by atoms with Gasteiger partial charge < -0.3 is 14.6 Å². The minimum atomic E-state index is -0.679. The lowest BCUT2D eigenvalue weighted by atomic mass is 9.82. The standard InChI is InChI=1S/C17H24O4/c1-3-13-8-9-17(12-13,16(18)19)10-11-21-15-7-5-4-6-14(15)20-2/h4-7,13H,3,8-12H2,1-2H3,(H,18,19). The molecular formula is C17H24O4. The van der Waals surface area contributed by atoms with E-state index in [-0.39, 0.29) is 0 Å². The van der Waals surface area contributed by atoms with Crippen LogP contribution in [0.4, 0.5) is 0 Å². The normalized spacial score (nSPS) is 24.8. The van der Waals surface area contributed by atoms with Crippen LogP contribution in [0.1, 0.15) is 39.0 Å². The van der Waals surface area contributed by atoms with Crippen LogP contribution in [0.5, 0.6) is 11.5 Å². The van der Waals surface area contributed by atoms with Gasteiger partial charge in [-0.1, -0.05) is 25.5 Å². The molecule has 0 aliphatic heterocycles. The summed E-state index contributed by atoms with van der Waals surface area (Å²) < 4.78 is 11.0. The first-order valence-corrected chi connectivity index (χ1v) is 7.60. The highest BCUT2D eigenvalue weighted by molar-refractivity contribution is 5.75. The van der Waals surface area contributed by atoms with Gasteiger partial charge in [0, 0.05) is 0 Å². The molecule has 1 saturated carbocycles. The Kier molecular flexibility index (Phi) is 5.10. The highest BCUT2D eigenvalue weighted by atomic mass is 16.5. The van der Waals surface area contributed by atoms with Gasteiger partial charge in [-0.05, 0) is 43.7 Å². The van der Waals surface area contributed by atoms with E-state index in [9.17, 15) is 9.90 Å². The monoisotopic (exact) mass is 292 g/mol. The van der Waals surface area contributed by atoms with Gasteiger partial charge in [0.05, 0.1) is 19.1 Å². The average molecular weight is 292 g/mol. The molecule has 1 fully saturated rings. The van der Waals surface area contributed by atoms with Crippen molar-refractivity contribution < 1.29 is 19.4 Å². The molecule has 0 spiro atoms. The largest absolute Gasteiger partial charge is 0.493 e. The van der Waals surface area contributed by atoms with Crippen molar-refractivity contribution in [1.82, 2.24) is 0 Å². The highest BCUT2D eigenvalue weighted by Gasteiger charge is 2.44. The van der Waals surface area contributed by atoms with Gasteiger partial charge in [-0.2, -0.15) is 0 Å². The predicted molar refractivity (Wildman–Crippen MR) is 80.8 cm³/mol. The number of aliphatic carboxylic acids is 1. The van der Waals surface area contributed by atoms with Crippen LogP contribution in [0.15, 0.2) is 24.3 Å². The summed E-state index contributed by atoms with van der Waals surface area (Å²) >= 11 is 0. The molecule has 1 aliphatic rings. The first kappa shape index (κ1) is 15.7. The van der Waals surface area contributed by atoms with E-state index in [1.807, 2.05) is 24.3 Å². The fourth-order valence-electron chi connectivity index (χ4n) is 3.21. The zero-order chi connectivity index (χ0) is 15.3. The molecule has 1 aliphatic carbocycles. The van der Waals surface area contributed by atoms with Crippen LogP contribution in [0.25, 0.3) is 0 Å². The predicted octanol–water partition coefficient (Wildman–Crippen LogP) is 3.75. The number of rotatable bonds is 7. The third-order valence-electron chi connectivity index (χ3n) is 4.65. The molecule has 0 heterocycles. The number of carboxylic acid groups (broad SMARTS) is 1. The fourth-order valence-corrected chi connectivity index (χ4v) is 3.21. The molecule has 2 atom stereocenters. The maximum Gasteiger partial charge on any atom is 0.309 e. The van der Waals surface area contributed by atoms with Gasteiger partial charge in [0.25, 0.3) is 0 Å². The Balaban J connectivity index is 1.96. The summed E-state index contributed by atoms with van der Waals surface area (Å²) in [5, 5.41) is 9.59. The Morgan fingerprint density at radius 3 is 2.67 bits per heavy atom. The Labute approximate surface area is 126 Å². The summed E-state index contributed by atoms with van der Waals surface area (Å²) in [4.78, 5) is 11.7. The number of benzene rings is 1. The molecule has 0 aromatic heterocycles. The summed E-state index contributed by atoms with van der Waals surface area (Å²) in [5.41, 5.74) is -0.608. The summed E-state index contributed by atoms with van der Waals surface area (Å²) in [6.07, 6.45) is 4.15. The van der Waals surface area contributed by atoms with E-state index < -0.39 is 11.4 Å². The maximum atomic E-state index is 11.7. The van der Waals surface area contributed by atoms with Crippen LogP contribution in [0.2, 0.25) is 0 Å². The van der Waals surface area contributed by atoms with Crippen molar-refractivity contribution in [3.63, 3.8) is 0 Å². The zero-order valence-electron chi connectivity index (χ0n) is 12.8. The number of carboxylic acids is 1. The van der Waals surface area contributed by atoms with Gasteiger partial charge in [0.15, 0.2) is 11.5 Å². The maximum absolute atomic E-state index is 11.7. The van der Waals surface area contributed by atoms with Crippen molar-refractivity contribution >= 4 is 5.97 Å². The van der Waals surface area contributed by atoms with Crippen molar-refractivity contribution in [3.05, 3.63) is 24.3 Å². The molecule has 1 N–H and O–H groups in total. The number of carbonyl (C=O) groups is 1. The zero-order valence-corrected chi connectivity index (χ0v) is 12.8. The summed E-state index contributed by atoms with van der Waals surface area (Å²) in [7, 11) is 1.60. The quantitative estimate of drug-likeness (QED) is 0.831. The van der Waals surface area contributed by atoms with Crippen molar-refractivity contribution in [3.8, 4) is 11.5 Å². The fraction of sp³-hybridized carbons (Fsp3) is 0.588. The number of hydrogen-bond donors (Lipinski definition) is 1. The minimum absolute atomic E-state index is 0.406. The molecule has 0 bridgehead atoms. The Bertz CT molecular complexity index is 485. The Morgan fingerprint density at radius 2 is 2.10 bits per heavy atom. The molecular weight excluding hydrogens is 268 g/mol. The molecule has 0 radical (unpaired) electrons. The Hall–Kier alpha value is -1.71. The molecule has 1 aromatic carbocycles. The van der Waals surface area contributed by atoms with Crippen LogP contribution in [-0.2, 0) is 4.79 Å². The van der Waals surface area contributed by atoms with Crippen LogP contribution >= 0.6 is 0 Å². The summed E-state index contributed by atoms with van der Waals surface area (Å²) in [6.45, 7) is 2.54. The number of methoxy groups -OCH3 is 1. The van der Waals surface area contributed by atoms with E-state index >= 15 is 0 Å². The van der Waals surface area contributed by atoms with E-state index in [1.54, 1.807) is 7.11 Å². The molecule has 4 heteroatoms. The lowest BCUT2D eigenvalue weighted by Crippen LogP contribution is -2.30. The molecule has 4 nitrogen and oxygen atoms in total.